The standard InChI is InChI=1S/C14H29NO/c1-3-6-12-7-5-9-14(16,10-8-12)13(4-2)11-15/h12-13,16H,3-11,15H2,1-2H3. The average molecular weight is 227 g/mol. The third-order valence-corrected chi connectivity index (χ3v) is 4.44. The normalized spacial score (nSPS) is 33.4. The summed E-state index contributed by atoms with van der Waals surface area (Å²) < 4.78 is 0. The molecule has 0 aliphatic heterocycles. The first-order valence-corrected chi connectivity index (χ1v) is 7.08. The number of nitrogens with two attached hydrogens (primary N) is 1. The van der Waals surface area contributed by atoms with Crippen molar-refractivity contribution in [1.82, 2.24) is 0 Å². The van der Waals surface area contributed by atoms with E-state index in [2.05, 4.69) is 13.8 Å². The Labute approximate surface area is 101 Å². The summed E-state index contributed by atoms with van der Waals surface area (Å²) in [7, 11) is 0. The van der Waals surface area contributed by atoms with E-state index in [1.165, 1.54) is 32.1 Å². The van der Waals surface area contributed by atoms with Crippen LogP contribution in [0.3, 0.4) is 0 Å². The van der Waals surface area contributed by atoms with Crippen LogP contribution in [0.15, 0.2) is 0 Å². The molecule has 1 saturated carbocycles. The lowest BCUT2D eigenvalue weighted by atomic mass is 9.79. The van der Waals surface area contributed by atoms with Crippen molar-refractivity contribution in [3.63, 3.8) is 0 Å². The van der Waals surface area contributed by atoms with Gasteiger partial charge in [0.1, 0.15) is 0 Å². The van der Waals surface area contributed by atoms with Crippen LogP contribution in [-0.2, 0) is 0 Å². The van der Waals surface area contributed by atoms with Crippen molar-refractivity contribution < 1.29 is 5.11 Å². The second kappa shape index (κ2) is 6.61. The molecule has 3 unspecified atom stereocenters. The van der Waals surface area contributed by atoms with Gasteiger partial charge < -0.3 is 10.8 Å². The maximum Gasteiger partial charge on any atom is 0.0687 e. The van der Waals surface area contributed by atoms with Crippen molar-refractivity contribution in [2.75, 3.05) is 6.54 Å². The van der Waals surface area contributed by atoms with Crippen LogP contribution in [0.1, 0.15) is 65.2 Å². The van der Waals surface area contributed by atoms with E-state index in [4.69, 9.17) is 5.73 Å². The summed E-state index contributed by atoms with van der Waals surface area (Å²) in [5.41, 5.74) is 5.32. The lowest BCUT2D eigenvalue weighted by Gasteiger charge is -2.34. The second-order valence-electron chi connectivity index (χ2n) is 5.53. The smallest absolute Gasteiger partial charge is 0.0687 e. The highest BCUT2D eigenvalue weighted by atomic mass is 16.3. The summed E-state index contributed by atoms with van der Waals surface area (Å²) in [6.07, 6.45) is 9.21. The first-order chi connectivity index (χ1) is 7.66. The summed E-state index contributed by atoms with van der Waals surface area (Å²) in [6.45, 7) is 5.03. The van der Waals surface area contributed by atoms with Crippen molar-refractivity contribution in [1.29, 1.82) is 0 Å². The molecule has 0 amide bonds. The van der Waals surface area contributed by atoms with Gasteiger partial charge in [-0.15, -0.1) is 0 Å². The lowest BCUT2D eigenvalue weighted by molar-refractivity contribution is -0.0310. The van der Waals surface area contributed by atoms with Gasteiger partial charge in [0.2, 0.25) is 0 Å². The number of hydrogen-bond acceptors (Lipinski definition) is 2. The zero-order chi connectivity index (χ0) is 12.0. The largest absolute Gasteiger partial charge is 0.390 e. The van der Waals surface area contributed by atoms with Gasteiger partial charge in [0, 0.05) is 0 Å². The highest BCUT2D eigenvalue weighted by molar-refractivity contribution is 4.89. The van der Waals surface area contributed by atoms with Gasteiger partial charge in [-0.2, -0.15) is 0 Å². The summed E-state index contributed by atoms with van der Waals surface area (Å²) in [4.78, 5) is 0. The molecule has 1 aliphatic carbocycles. The Morgan fingerprint density at radius 3 is 2.62 bits per heavy atom. The van der Waals surface area contributed by atoms with E-state index in [1.807, 2.05) is 0 Å². The van der Waals surface area contributed by atoms with Crippen LogP contribution < -0.4 is 5.73 Å². The fourth-order valence-corrected chi connectivity index (χ4v) is 3.29. The molecule has 3 N–H and O–H groups in total. The van der Waals surface area contributed by atoms with Crippen molar-refractivity contribution >= 4 is 0 Å². The topological polar surface area (TPSA) is 46.2 Å². The van der Waals surface area contributed by atoms with E-state index in [9.17, 15) is 5.11 Å². The van der Waals surface area contributed by atoms with Gasteiger partial charge in [-0.05, 0) is 44.1 Å². The molecule has 16 heavy (non-hydrogen) atoms. The van der Waals surface area contributed by atoms with E-state index in [0.717, 1.165) is 25.2 Å². The Kier molecular flexibility index (Phi) is 5.77. The summed E-state index contributed by atoms with van der Waals surface area (Å²) in [5.74, 6) is 1.14. The lowest BCUT2D eigenvalue weighted by Crippen LogP contribution is -2.41. The van der Waals surface area contributed by atoms with Gasteiger partial charge in [0.25, 0.3) is 0 Å². The Balaban J connectivity index is 2.56. The first kappa shape index (κ1) is 14.0. The van der Waals surface area contributed by atoms with Crippen molar-refractivity contribution in [2.45, 2.75) is 70.8 Å². The van der Waals surface area contributed by atoms with E-state index in [-0.39, 0.29) is 0 Å². The van der Waals surface area contributed by atoms with Crippen LogP contribution in [0.2, 0.25) is 0 Å². The van der Waals surface area contributed by atoms with Crippen LogP contribution >= 0.6 is 0 Å². The van der Waals surface area contributed by atoms with Crippen LogP contribution in [0.4, 0.5) is 0 Å². The van der Waals surface area contributed by atoms with E-state index in [0.29, 0.717) is 12.5 Å². The van der Waals surface area contributed by atoms with E-state index < -0.39 is 5.60 Å². The Morgan fingerprint density at radius 2 is 2.06 bits per heavy atom. The third-order valence-electron chi connectivity index (χ3n) is 4.44. The van der Waals surface area contributed by atoms with E-state index in [1.54, 1.807) is 0 Å². The average Bonchev–Trinajstić information content (AvgIpc) is 2.44. The molecular formula is C14H29NO. The van der Waals surface area contributed by atoms with Crippen molar-refractivity contribution in [3.05, 3.63) is 0 Å². The van der Waals surface area contributed by atoms with Gasteiger partial charge in [-0.1, -0.05) is 39.5 Å². The molecule has 1 rings (SSSR count). The summed E-state index contributed by atoms with van der Waals surface area (Å²) in [5, 5.41) is 10.7. The molecule has 0 saturated heterocycles. The zero-order valence-corrected chi connectivity index (χ0v) is 11.0. The molecule has 0 aromatic carbocycles. The first-order valence-electron chi connectivity index (χ1n) is 7.08. The van der Waals surface area contributed by atoms with Crippen LogP contribution in [0.5, 0.6) is 0 Å². The molecule has 0 bridgehead atoms. The molecule has 96 valence electrons. The minimum atomic E-state index is -0.466. The number of rotatable bonds is 5. The molecule has 0 radical (unpaired) electrons. The monoisotopic (exact) mass is 227 g/mol. The molecule has 0 aromatic heterocycles. The molecule has 1 fully saturated rings. The molecule has 3 atom stereocenters. The Bertz CT molecular complexity index is 191. The molecular weight excluding hydrogens is 198 g/mol. The van der Waals surface area contributed by atoms with Gasteiger partial charge >= 0.3 is 0 Å². The summed E-state index contributed by atoms with van der Waals surface area (Å²) in [6, 6.07) is 0. The fourth-order valence-electron chi connectivity index (χ4n) is 3.29. The molecule has 0 heterocycles. The maximum atomic E-state index is 10.7. The van der Waals surface area contributed by atoms with Gasteiger partial charge in [-0.3, -0.25) is 0 Å². The minimum absolute atomic E-state index is 0.299. The third kappa shape index (κ3) is 3.46. The fraction of sp³-hybridized carbons (Fsp3) is 1.00. The summed E-state index contributed by atoms with van der Waals surface area (Å²) >= 11 is 0. The highest BCUT2D eigenvalue weighted by Gasteiger charge is 2.36. The van der Waals surface area contributed by atoms with Crippen LogP contribution in [0.25, 0.3) is 0 Å². The van der Waals surface area contributed by atoms with Gasteiger partial charge in [0.15, 0.2) is 0 Å². The zero-order valence-electron chi connectivity index (χ0n) is 11.0. The molecule has 0 aromatic rings. The molecule has 0 spiro atoms. The van der Waals surface area contributed by atoms with Crippen molar-refractivity contribution in [2.24, 2.45) is 17.6 Å². The highest BCUT2D eigenvalue weighted by Crippen LogP contribution is 2.37. The van der Waals surface area contributed by atoms with Crippen molar-refractivity contribution in [3.8, 4) is 0 Å². The van der Waals surface area contributed by atoms with E-state index >= 15 is 0 Å². The molecule has 2 nitrogen and oxygen atoms in total. The predicted molar refractivity (Wildman–Crippen MR) is 69.3 cm³/mol. The van der Waals surface area contributed by atoms with Crippen LogP contribution in [0, 0.1) is 11.8 Å². The SMILES string of the molecule is CCCC1CCCC(O)(C(CC)CN)CC1. The minimum Gasteiger partial charge on any atom is -0.390 e. The van der Waals surface area contributed by atoms with Gasteiger partial charge in [-0.25, -0.2) is 0 Å². The van der Waals surface area contributed by atoms with Crippen LogP contribution in [-0.4, -0.2) is 17.3 Å². The molecule has 2 heteroatoms. The molecule has 1 aliphatic rings. The number of aliphatic hydroxyl groups is 1. The predicted octanol–water partition coefficient (Wildman–Crippen LogP) is 3.08. The second-order valence-corrected chi connectivity index (χ2v) is 5.53. The number of hydrogen-bond donors (Lipinski definition) is 2. The quantitative estimate of drug-likeness (QED) is 0.709. The Morgan fingerprint density at radius 1 is 1.31 bits per heavy atom. The van der Waals surface area contributed by atoms with Gasteiger partial charge in [0.05, 0.1) is 5.60 Å². The maximum absolute atomic E-state index is 10.7. The Hall–Kier alpha value is -0.0800.